The van der Waals surface area contributed by atoms with Crippen molar-refractivity contribution in [2.45, 2.75) is 0 Å². The van der Waals surface area contributed by atoms with Crippen LogP contribution in [0.15, 0.2) is 48.2 Å². The van der Waals surface area contributed by atoms with E-state index in [4.69, 9.17) is 40.5 Å². The van der Waals surface area contributed by atoms with Crippen LogP contribution in [0.25, 0.3) is 5.57 Å². The lowest BCUT2D eigenvalue weighted by atomic mass is 10.1. The predicted octanol–water partition coefficient (Wildman–Crippen LogP) is 4.36. The quantitative estimate of drug-likeness (QED) is 0.871. The first-order valence-corrected chi connectivity index (χ1v) is 7.62. The fraction of sp³-hybridized carbons (Fsp3) is 0.0625. The van der Waals surface area contributed by atoms with E-state index < -0.39 is 0 Å². The molecule has 0 fully saturated rings. The molecular formula is C16H11Cl3N2O. The van der Waals surface area contributed by atoms with Gasteiger partial charge in [0, 0.05) is 16.4 Å². The lowest BCUT2D eigenvalue weighted by molar-refractivity contribution is -0.112. The van der Waals surface area contributed by atoms with Crippen LogP contribution in [0.1, 0.15) is 5.56 Å². The van der Waals surface area contributed by atoms with Crippen molar-refractivity contribution in [3.05, 3.63) is 68.8 Å². The molecule has 0 aliphatic carbocycles. The Kier molecular flexibility index (Phi) is 4.04. The average molecular weight is 354 g/mol. The molecule has 0 bridgehead atoms. The Hall–Kier alpha value is -1.68. The molecule has 1 aliphatic rings. The van der Waals surface area contributed by atoms with Crippen molar-refractivity contribution in [1.29, 1.82) is 0 Å². The van der Waals surface area contributed by atoms with Gasteiger partial charge in [0.25, 0.3) is 5.91 Å². The van der Waals surface area contributed by atoms with Crippen molar-refractivity contribution < 1.29 is 4.79 Å². The van der Waals surface area contributed by atoms with Crippen molar-refractivity contribution in [2.24, 2.45) is 5.73 Å². The largest absolute Gasteiger partial charge is 0.400 e. The van der Waals surface area contributed by atoms with Gasteiger partial charge in [-0.15, -0.1) is 0 Å². The maximum atomic E-state index is 12.7. The van der Waals surface area contributed by atoms with Gasteiger partial charge in [-0.3, -0.25) is 4.79 Å². The molecule has 3 rings (SSSR count). The number of hydrogen-bond donors (Lipinski definition) is 1. The Balaban J connectivity index is 1.96. The van der Waals surface area contributed by atoms with Crippen LogP contribution in [-0.2, 0) is 4.79 Å². The molecule has 0 atom stereocenters. The second-order valence-electron chi connectivity index (χ2n) is 4.90. The molecule has 0 radical (unpaired) electrons. The summed E-state index contributed by atoms with van der Waals surface area (Å²) < 4.78 is 0. The van der Waals surface area contributed by atoms with E-state index in [0.29, 0.717) is 38.4 Å². The predicted molar refractivity (Wildman–Crippen MR) is 91.4 cm³/mol. The molecule has 2 N–H and O–H groups in total. The fourth-order valence-corrected chi connectivity index (χ4v) is 2.81. The number of carbonyl (C=O) groups excluding carboxylic acids is 1. The zero-order chi connectivity index (χ0) is 15.9. The molecule has 0 spiro atoms. The normalized spacial score (nSPS) is 14.9. The van der Waals surface area contributed by atoms with Crippen LogP contribution in [0.5, 0.6) is 0 Å². The van der Waals surface area contributed by atoms with Crippen LogP contribution in [0, 0.1) is 0 Å². The molecule has 2 aromatic rings. The lowest BCUT2D eigenvalue weighted by Crippen LogP contribution is -2.27. The highest BCUT2D eigenvalue weighted by molar-refractivity contribution is 6.42. The van der Waals surface area contributed by atoms with E-state index in [1.165, 1.54) is 0 Å². The topological polar surface area (TPSA) is 46.3 Å². The van der Waals surface area contributed by atoms with Gasteiger partial charge in [0.05, 0.1) is 22.2 Å². The Bertz CT molecular complexity index is 784. The summed E-state index contributed by atoms with van der Waals surface area (Å²) in [6, 6.07) is 12.1. The molecule has 112 valence electrons. The summed E-state index contributed by atoms with van der Waals surface area (Å²) in [6.45, 7) is 0.329. The highest BCUT2D eigenvalue weighted by Crippen LogP contribution is 2.33. The van der Waals surface area contributed by atoms with E-state index >= 15 is 0 Å². The van der Waals surface area contributed by atoms with Crippen LogP contribution in [-0.4, -0.2) is 12.5 Å². The number of hydrogen-bond acceptors (Lipinski definition) is 2. The summed E-state index contributed by atoms with van der Waals surface area (Å²) in [6.07, 6.45) is 0. The zero-order valence-electron chi connectivity index (χ0n) is 11.3. The average Bonchev–Trinajstić information content (AvgIpc) is 2.78. The molecule has 0 unspecified atom stereocenters. The van der Waals surface area contributed by atoms with Crippen LogP contribution < -0.4 is 10.6 Å². The minimum absolute atomic E-state index is 0.168. The number of nitrogens with zero attached hydrogens (tertiary/aromatic N) is 1. The smallest absolute Gasteiger partial charge is 0.261 e. The van der Waals surface area contributed by atoms with Crippen molar-refractivity contribution in [3.8, 4) is 0 Å². The first kappa shape index (κ1) is 15.2. The summed E-state index contributed by atoms with van der Waals surface area (Å²) in [5.74, 6) is -0.168. The Morgan fingerprint density at radius 2 is 1.64 bits per heavy atom. The maximum Gasteiger partial charge on any atom is 0.261 e. The molecule has 6 heteroatoms. The molecule has 2 aromatic carbocycles. The van der Waals surface area contributed by atoms with Crippen molar-refractivity contribution in [2.75, 3.05) is 11.4 Å². The van der Waals surface area contributed by atoms with Crippen molar-refractivity contribution in [3.63, 3.8) is 0 Å². The van der Waals surface area contributed by atoms with Crippen LogP contribution in [0.3, 0.4) is 0 Å². The first-order valence-electron chi connectivity index (χ1n) is 6.49. The van der Waals surface area contributed by atoms with E-state index in [1.807, 2.05) is 0 Å². The maximum absolute atomic E-state index is 12.7. The third kappa shape index (κ3) is 2.68. The van der Waals surface area contributed by atoms with Crippen molar-refractivity contribution in [1.82, 2.24) is 0 Å². The highest BCUT2D eigenvalue weighted by Gasteiger charge is 2.31. The van der Waals surface area contributed by atoms with E-state index in [-0.39, 0.29) is 5.91 Å². The molecular weight excluding hydrogens is 343 g/mol. The van der Waals surface area contributed by atoms with Gasteiger partial charge in [-0.05, 0) is 42.0 Å². The minimum atomic E-state index is -0.168. The SMILES string of the molecule is NC1=C(c2ccc(Cl)c(Cl)c2)C(=O)N(c2ccc(Cl)cc2)C1. The van der Waals surface area contributed by atoms with Gasteiger partial charge in [0.2, 0.25) is 0 Å². The number of anilines is 1. The number of carbonyl (C=O) groups is 1. The molecule has 3 nitrogen and oxygen atoms in total. The second kappa shape index (κ2) is 5.84. The third-order valence-electron chi connectivity index (χ3n) is 3.46. The molecule has 1 amide bonds. The summed E-state index contributed by atoms with van der Waals surface area (Å²) in [5.41, 5.74) is 8.42. The number of rotatable bonds is 2. The van der Waals surface area contributed by atoms with Crippen molar-refractivity contribution >= 4 is 52.0 Å². The van der Waals surface area contributed by atoms with Gasteiger partial charge in [0.15, 0.2) is 0 Å². The molecule has 0 aromatic heterocycles. The molecule has 0 saturated carbocycles. The fourth-order valence-electron chi connectivity index (χ4n) is 2.38. The number of halogens is 3. The molecule has 22 heavy (non-hydrogen) atoms. The van der Waals surface area contributed by atoms with Crippen LogP contribution in [0.4, 0.5) is 5.69 Å². The number of nitrogens with two attached hydrogens (primary N) is 1. The van der Waals surface area contributed by atoms with Crippen LogP contribution in [0.2, 0.25) is 15.1 Å². The Morgan fingerprint density at radius 1 is 0.955 bits per heavy atom. The summed E-state index contributed by atoms with van der Waals surface area (Å²) >= 11 is 17.8. The zero-order valence-corrected chi connectivity index (χ0v) is 13.6. The van der Waals surface area contributed by atoms with Gasteiger partial charge in [0.1, 0.15) is 0 Å². The number of benzene rings is 2. The molecule has 1 aliphatic heterocycles. The van der Waals surface area contributed by atoms with E-state index in [9.17, 15) is 4.79 Å². The summed E-state index contributed by atoms with van der Waals surface area (Å²) in [7, 11) is 0. The van der Waals surface area contributed by atoms with E-state index in [2.05, 4.69) is 0 Å². The second-order valence-corrected chi connectivity index (χ2v) is 6.15. The summed E-state index contributed by atoms with van der Waals surface area (Å²) in [4.78, 5) is 14.3. The standard InChI is InChI=1S/C16H11Cl3N2O/c17-10-2-4-11(5-3-10)21-8-14(20)15(16(21)22)9-1-6-12(18)13(19)7-9/h1-7H,8,20H2. The Labute approximate surface area is 142 Å². The minimum Gasteiger partial charge on any atom is -0.400 e. The Morgan fingerprint density at radius 3 is 2.27 bits per heavy atom. The summed E-state index contributed by atoms with van der Waals surface area (Å²) in [5, 5.41) is 1.43. The number of amides is 1. The highest BCUT2D eigenvalue weighted by atomic mass is 35.5. The van der Waals surface area contributed by atoms with Gasteiger partial charge < -0.3 is 10.6 Å². The van der Waals surface area contributed by atoms with Gasteiger partial charge >= 0.3 is 0 Å². The lowest BCUT2D eigenvalue weighted by Gasteiger charge is -2.16. The monoisotopic (exact) mass is 352 g/mol. The van der Waals surface area contributed by atoms with Gasteiger partial charge in [-0.2, -0.15) is 0 Å². The first-order chi connectivity index (χ1) is 10.5. The van der Waals surface area contributed by atoms with Gasteiger partial charge in [-0.25, -0.2) is 0 Å². The van der Waals surface area contributed by atoms with Crippen LogP contribution >= 0.6 is 34.8 Å². The van der Waals surface area contributed by atoms with E-state index in [0.717, 1.165) is 5.69 Å². The van der Waals surface area contributed by atoms with E-state index in [1.54, 1.807) is 47.4 Å². The third-order valence-corrected chi connectivity index (χ3v) is 4.45. The molecule has 0 saturated heterocycles. The van der Waals surface area contributed by atoms with Gasteiger partial charge in [-0.1, -0.05) is 40.9 Å². The molecule has 1 heterocycles.